The zero-order valence-corrected chi connectivity index (χ0v) is 16.1. The summed E-state index contributed by atoms with van der Waals surface area (Å²) in [4.78, 5) is 13.1. The molecule has 0 radical (unpaired) electrons. The van der Waals surface area contributed by atoms with Crippen LogP contribution in [-0.2, 0) is 0 Å². The minimum Gasteiger partial charge on any atom is -0.496 e. The summed E-state index contributed by atoms with van der Waals surface area (Å²) < 4.78 is 17.3. The SMILES string of the molecule is CCCC(Oc1cccc(N)c1)C(=O)c1cc(OC)c(Br)cc1OC. The number of methoxy groups -OCH3 is 2. The van der Waals surface area contributed by atoms with Crippen molar-refractivity contribution in [3.05, 3.63) is 46.4 Å². The number of nitrogen functional groups attached to an aromatic ring is 1. The van der Waals surface area contributed by atoms with Crippen LogP contribution in [0.25, 0.3) is 0 Å². The molecule has 0 saturated heterocycles. The smallest absolute Gasteiger partial charge is 0.207 e. The molecule has 0 aliphatic heterocycles. The molecule has 0 bridgehead atoms. The van der Waals surface area contributed by atoms with E-state index in [4.69, 9.17) is 19.9 Å². The van der Waals surface area contributed by atoms with Gasteiger partial charge in [0.2, 0.25) is 5.78 Å². The van der Waals surface area contributed by atoms with E-state index in [1.807, 2.05) is 6.92 Å². The van der Waals surface area contributed by atoms with Crippen LogP contribution in [0.2, 0.25) is 0 Å². The molecule has 1 atom stereocenters. The van der Waals surface area contributed by atoms with Crippen molar-refractivity contribution in [2.75, 3.05) is 20.0 Å². The van der Waals surface area contributed by atoms with Gasteiger partial charge in [0.25, 0.3) is 0 Å². The molecule has 2 N–H and O–H groups in total. The first kappa shape index (κ1) is 19.1. The van der Waals surface area contributed by atoms with E-state index in [2.05, 4.69) is 15.9 Å². The van der Waals surface area contributed by atoms with Gasteiger partial charge < -0.3 is 19.9 Å². The Morgan fingerprint density at radius 1 is 1.16 bits per heavy atom. The first-order valence-electron chi connectivity index (χ1n) is 7.98. The Kier molecular flexibility index (Phi) is 6.70. The van der Waals surface area contributed by atoms with Crippen molar-refractivity contribution >= 4 is 27.4 Å². The van der Waals surface area contributed by atoms with E-state index in [9.17, 15) is 4.79 Å². The number of hydrogen-bond donors (Lipinski definition) is 1. The Bertz CT molecular complexity index is 748. The summed E-state index contributed by atoms with van der Waals surface area (Å²) in [6, 6.07) is 10.4. The Balaban J connectivity index is 2.36. The van der Waals surface area contributed by atoms with Crippen molar-refractivity contribution in [3.63, 3.8) is 0 Å². The number of hydrogen-bond acceptors (Lipinski definition) is 5. The lowest BCUT2D eigenvalue weighted by Gasteiger charge is -2.20. The highest BCUT2D eigenvalue weighted by Gasteiger charge is 2.26. The highest BCUT2D eigenvalue weighted by atomic mass is 79.9. The summed E-state index contributed by atoms with van der Waals surface area (Å²) in [5.41, 5.74) is 6.80. The van der Waals surface area contributed by atoms with Crippen molar-refractivity contribution in [1.82, 2.24) is 0 Å². The molecule has 2 rings (SSSR count). The molecule has 0 aromatic heterocycles. The molecule has 25 heavy (non-hydrogen) atoms. The fourth-order valence-corrected chi connectivity index (χ4v) is 2.97. The maximum atomic E-state index is 13.1. The summed E-state index contributed by atoms with van der Waals surface area (Å²) in [7, 11) is 3.08. The third kappa shape index (κ3) is 4.66. The first-order chi connectivity index (χ1) is 12.0. The van der Waals surface area contributed by atoms with Gasteiger partial charge in [-0.1, -0.05) is 19.4 Å². The van der Waals surface area contributed by atoms with Crippen LogP contribution in [-0.4, -0.2) is 26.1 Å². The van der Waals surface area contributed by atoms with Crippen LogP contribution < -0.4 is 19.9 Å². The fourth-order valence-electron chi connectivity index (χ4n) is 2.48. The van der Waals surface area contributed by atoms with E-state index in [-0.39, 0.29) is 5.78 Å². The number of carbonyl (C=O) groups excluding carboxylic acids is 1. The van der Waals surface area contributed by atoms with E-state index >= 15 is 0 Å². The average molecular weight is 408 g/mol. The maximum Gasteiger partial charge on any atom is 0.207 e. The zero-order valence-electron chi connectivity index (χ0n) is 14.5. The van der Waals surface area contributed by atoms with Crippen LogP contribution in [0.4, 0.5) is 5.69 Å². The summed E-state index contributed by atoms with van der Waals surface area (Å²) in [6.45, 7) is 2.00. The third-order valence-corrected chi connectivity index (χ3v) is 4.34. The molecule has 2 aromatic rings. The van der Waals surface area contributed by atoms with E-state index in [1.54, 1.807) is 43.5 Å². The quantitative estimate of drug-likeness (QED) is 0.515. The highest BCUT2D eigenvalue weighted by Crippen LogP contribution is 2.34. The Labute approximate surface area is 156 Å². The number of nitrogens with two attached hydrogens (primary N) is 1. The molecule has 0 saturated carbocycles. The number of benzene rings is 2. The van der Waals surface area contributed by atoms with Crippen molar-refractivity contribution in [2.24, 2.45) is 0 Å². The molecule has 1 unspecified atom stereocenters. The van der Waals surface area contributed by atoms with Crippen LogP contribution >= 0.6 is 15.9 Å². The van der Waals surface area contributed by atoms with Crippen molar-refractivity contribution in [3.8, 4) is 17.2 Å². The Morgan fingerprint density at radius 2 is 1.88 bits per heavy atom. The zero-order chi connectivity index (χ0) is 18.4. The molecular weight excluding hydrogens is 386 g/mol. The van der Waals surface area contributed by atoms with Crippen LogP contribution in [0, 0.1) is 0 Å². The van der Waals surface area contributed by atoms with E-state index in [0.29, 0.717) is 39.4 Å². The number of carbonyl (C=O) groups is 1. The first-order valence-corrected chi connectivity index (χ1v) is 8.77. The van der Waals surface area contributed by atoms with Gasteiger partial charge in [0, 0.05) is 11.8 Å². The molecule has 0 aliphatic rings. The predicted molar refractivity (Wildman–Crippen MR) is 102 cm³/mol. The standard InChI is InChI=1S/C19H22BrNO4/c1-4-6-16(25-13-8-5-7-12(21)9-13)19(22)14-10-18(24-3)15(20)11-17(14)23-2/h5,7-11,16H,4,6,21H2,1-3H3. The van der Waals surface area contributed by atoms with Gasteiger partial charge in [-0.15, -0.1) is 0 Å². The predicted octanol–water partition coefficient (Wildman–Crippen LogP) is 4.48. The molecule has 134 valence electrons. The minimum atomic E-state index is -0.633. The van der Waals surface area contributed by atoms with Gasteiger partial charge >= 0.3 is 0 Å². The lowest BCUT2D eigenvalue weighted by atomic mass is 10.0. The minimum absolute atomic E-state index is 0.160. The molecule has 5 nitrogen and oxygen atoms in total. The third-order valence-electron chi connectivity index (χ3n) is 3.72. The van der Waals surface area contributed by atoms with E-state index < -0.39 is 6.10 Å². The van der Waals surface area contributed by atoms with Gasteiger partial charge in [0.05, 0.1) is 24.3 Å². The molecule has 0 aliphatic carbocycles. The van der Waals surface area contributed by atoms with Gasteiger partial charge in [0.15, 0.2) is 6.10 Å². The maximum absolute atomic E-state index is 13.1. The van der Waals surface area contributed by atoms with Crippen molar-refractivity contribution in [1.29, 1.82) is 0 Å². The molecule has 0 fully saturated rings. The van der Waals surface area contributed by atoms with Crippen LogP contribution in [0.3, 0.4) is 0 Å². The lowest BCUT2D eigenvalue weighted by molar-refractivity contribution is 0.0774. The molecule has 0 heterocycles. The van der Waals surface area contributed by atoms with Gasteiger partial charge in [-0.3, -0.25) is 4.79 Å². The Hall–Kier alpha value is -2.21. The van der Waals surface area contributed by atoms with Gasteiger partial charge in [-0.05, 0) is 46.6 Å². The topological polar surface area (TPSA) is 70.8 Å². The summed E-state index contributed by atoms with van der Waals surface area (Å²) in [6.07, 6.45) is 0.746. The molecule has 0 amide bonds. The van der Waals surface area contributed by atoms with E-state index in [0.717, 1.165) is 6.42 Å². The van der Waals surface area contributed by atoms with Crippen LogP contribution in [0.5, 0.6) is 17.2 Å². The Morgan fingerprint density at radius 3 is 2.48 bits per heavy atom. The molecular formula is C19H22BrNO4. The normalized spacial score (nSPS) is 11.7. The molecule has 2 aromatic carbocycles. The number of Topliss-reactive ketones (excluding diaryl/α,β-unsaturated/α-hetero) is 1. The van der Waals surface area contributed by atoms with Crippen molar-refractivity contribution in [2.45, 2.75) is 25.9 Å². The number of halogens is 1. The summed E-state index contributed by atoms with van der Waals surface area (Å²) in [5.74, 6) is 1.43. The second kappa shape index (κ2) is 8.76. The van der Waals surface area contributed by atoms with Gasteiger partial charge in [0.1, 0.15) is 17.2 Å². The summed E-state index contributed by atoms with van der Waals surface area (Å²) in [5, 5.41) is 0. The van der Waals surface area contributed by atoms with Crippen molar-refractivity contribution < 1.29 is 19.0 Å². The lowest BCUT2D eigenvalue weighted by Crippen LogP contribution is -2.28. The average Bonchev–Trinajstić information content (AvgIpc) is 2.60. The largest absolute Gasteiger partial charge is 0.496 e. The monoisotopic (exact) mass is 407 g/mol. The van der Waals surface area contributed by atoms with Crippen LogP contribution in [0.15, 0.2) is 40.9 Å². The molecule has 6 heteroatoms. The second-order valence-electron chi connectivity index (χ2n) is 5.52. The van der Waals surface area contributed by atoms with Gasteiger partial charge in [-0.2, -0.15) is 0 Å². The van der Waals surface area contributed by atoms with E-state index in [1.165, 1.54) is 7.11 Å². The second-order valence-corrected chi connectivity index (χ2v) is 6.37. The highest BCUT2D eigenvalue weighted by molar-refractivity contribution is 9.10. The number of rotatable bonds is 8. The fraction of sp³-hybridized carbons (Fsp3) is 0.316. The van der Waals surface area contributed by atoms with Crippen LogP contribution in [0.1, 0.15) is 30.1 Å². The number of ketones is 1. The molecule has 0 spiro atoms. The summed E-state index contributed by atoms with van der Waals surface area (Å²) >= 11 is 3.40. The number of anilines is 1. The van der Waals surface area contributed by atoms with Gasteiger partial charge in [-0.25, -0.2) is 0 Å². The number of ether oxygens (including phenoxy) is 3.